The third-order valence-corrected chi connectivity index (χ3v) is 3.77. The molecule has 2 N–H and O–H groups in total. The Labute approximate surface area is 110 Å². The summed E-state index contributed by atoms with van der Waals surface area (Å²) in [5.41, 5.74) is 6.28. The third kappa shape index (κ3) is 2.15. The summed E-state index contributed by atoms with van der Waals surface area (Å²) in [6.07, 6.45) is 3.12. The van der Waals surface area contributed by atoms with Gasteiger partial charge in [-0.15, -0.1) is 0 Å². The van der Waals surface area contributed by atoms with Crippen LogP contribution in [0.25, 0.3) is 0 Å². The molecule has 1 fully saturated rings. The number of hydrogen-bond acceptors (Lipinski definition) is 3. The van der Waals surface area contributed by atoms with Gasteiger partial charge in [-0.25, -0.2) is 4.39 Å². The van der Waals surface area contributed by atoms with Crippen molar-refractivity contribution in [1.29, 1.82) is 0 Å². The largest absolute Gasteiger partial charge is 0.489 e. The van der Waals surface area contributed by atoms with Gasteiger partial charge in [0.05, 0.1) is 13.2 Å². The van der Waals surface area contributed by atoms with Crippen LogP contribution in [0.2, 0.25) is 5.02 Å². The second kappa shape index (κ2) is 4.28. The van der Waals surface area contributed by atoms with Gasteiger partial charge < -0.3 is 15.2 Å². The maximum Gasteiger partial charge on any atom is 0.182 e. The van der Waals surface area contributed by atoms with E-state index in [9.17, 15) is 4.39 Å². The number of rotatable bonds is 2. The first-order chi connectivity index (χ1) is 8.59. The molecule has 1 aliphatic heterocycles. The van der Waals surface area contributed by atoms with E-state index in [-0.39, 0.29) is 10.6 Å². The van der Waals surface area contributed by atoms with Crippen LogP contribution in [0.4, 0.5) is 4.39 Å². The van der Waals surface area contributed by atoms with E-state index in [1.165, 1.54) is 0 Å². The topological polar surface area (TPSA) is 44.5 Å². The van der Waals surface area contributed by atoms with Crippen molar-refractivity contribution in [2.75, 3.05) is 13.2 Å². The normalized spacial score (nSPS) is 20.4. The van der Waals surface area contributed by atoms with E-state index in [1.807, 2.05) is 0 Å². The highest BCUT2D eigenvalue weighted by Crippen LogP contribution is 2.43. The molecule has 0 atom stereocenters. The number of halogens is 2. The summed E-state index contributed by atoms with van der Waals surface area (Å²) < 4.78 is 25.1. The molecule has 0 radical (unpaired) electrons. The number of hydrogen-bond donors (Lipinski definition) is 1. The zero-order chi connectivity index (χ0) is 12.8. The minimum atomic E-state index is -0.433. The minimum Gasteiger partial charge on any atom is -0.489 e. The van der Waals surface area contributed by atoms with E-state index in [2.05, 4.69) is 0 Å². The van der Waals surface area contributed by atoms with Gasteiger partial charge in [0.1, 0.15) is 10.8 Å². The highest BCUT2D eigenvalue weighted by atomic mass is 35.5. The van der Waals surface area contributed by atoms with Crippen molar-refractivity contribution < 1.29 is 13.9 Å². The molecule has 1 heterocycles. The van der Waals surface area contributed by atoms with Gasteiger partial charge in [-0.05, 0) is 30.9 Å². The standard InChI is InChI=1S/C13H15ClFNO2/c14-10-11(15)8(7-13(16)2-3-13)6-9-12(10)18-5-1-4-17-9/h6H,1-5,7,16H2. The van der Waals surface area contributed by atoms with Gasteiger partial charge in [0.25, 0.3) is 0 Å². The van der Waals surface area contributed by atoms with Gasteiger partial charge in [0.2, 0.25) is 0 Å². The molecule has 3 nitrogen and oxygen atoms in total. The molecule has 98 valence electrons. The summed E-state index contributed by atoms with van der Waals surface area (Å²) in [5, 5.41) is 0.00801. The second-order valence-electron chi connectivity index (χ2n) is 5.08. The van der Waals surface area contributed by atoms with Crippen LogP contribution in [-0.4, -0.2) is 18.8 Å². The van der Waals surface area contributed by atoms with Crippen LogP contribution in [-0.2, 0) is 6.42 Å². The van der Waals surface area contributed by atoms with Crippen molar-refractivity contribution in [2.24, 2.45) is 5.73 Å². The Morgan fingerprint density at radius 3 is 2.78 bits per heavy atom. The van der Waals surface area contributed by atoms with Gasteiger partial charge in [0, 0.05) is 12.0 Å². The monoisotopic (exact) mass is 271 g/mol. The maximum atomic E-state index is 14.2. The smallest absolute Gasteiger partial charge is 0.182 e. The average Bonchev–Trinajstić information content (AvgIpc) is 3.09. The Morgan fingerprint density at radius 1 is 1.33 bits per heavy atom. The molecule has 18 heavy (non-hydrogen) atoms. The SMILES string of the molecule is NC1(Cc2cc3c(c(Cl)c2F)OCCCO3)CC1. The van der Waals surface area contributed by atoms with E-state index >= 15 is 0 Å². The Kier molecular flexibility index (Phi) is 2.87. The van der Waals surface area contributed by atoms with Crippen molar-refractivity contribution in [3.8, 4) is 11.5 Å². The molecular weight excluding hydrogens is 257 g/mol. The van der Waals surface area contributed by atoms with Crippen molar-refractivity contribution >= 4 is 11.6 Å². The van der Waals surface area contributed by atoms with Crippen LogP contribution in [0.5, 0.6) is 11.5 Å². The Balaban J connectivity index is 2.00. The van der Waals surface area contributed by atoms with E-state index in [4.69, 9.17) is 26.8 Å². The lowest BCUT2D eigenvalue weighted by molar-refractivity contribution is 0.296. The Hall–Kier alpha value is -1.00. The van der Waals surface area contributed by atoms with Gasteiger partial charge >= 0.3 is 0 Å². The third-order valence-electron chi connectivity index (χ3n) is 3.43. The highest BCUT2D eigenvalue weighted by molar-refractivity contribution is 6.32. The first-order valence-electron chi connectivity index (χ1n) is 6.14. The van der Waals surface area contributed by atoms with Gasteiger partial charge in [0.15, 0.2) is 11.5 Å². The Morgan fingerprint density at radius 2 is 2.06 bits per heavy atom. The molecule has 2 aliphatic rings. The lowest BCUT2D eigenvalue weighted by Gasteiger charge is -2.15. The number of fused-ring (bicyclic) bond motifs is 1. The second-order valence-corrected chi connectivity index (χ2v) is 5.46. The van der Waals surface area contributed by atoms with E-state index in [0.717, 1.165) is 19.3 Å². The molecule has 1 aromatic carbocycles. The molecule has 0 amide bonds. The predicted octanol–water partition coefficient (Wildman–Crippen LogP) is 2.67. The zero-order valence-electron chi connectivity index (χ0n) is 9.97. The molecule has 0 bridgehead atoms. The first kappa shape index (κ1) is 12.1. The summed E-state index contributed by atoms with van der Waals surface area (Å²) in [6, 6.07) is 1.68. The summed E-state index contributed by atoms with van der Waals surface area (Å²) in [4.78, 5) is 0. The van der Waals surface area contributed by atoms with E-state index in [1.54, 1.807) is 6.07 Å². The van der Waals surface area contributed by atoms with Crippen molar-refractivity contribution in [3.05, 3.63) is 22.5 Å². The molecule has 0 unspecified atom stereocenters. The van der Waals surface area contributed by atoms with Crippen LogP contribution in [0.3, 0.4) is 0 Å². The minimum absolute atomic E-state index is 0.00801. The van der Waals surface area contributed by atoms with Gasteiger partial charge in [-0.1, -0.05) is 11.6 Å². The van der Waals surface area contributed by atoms with Crippen molar-refractivity contribution in [3.63, 3.8) is 0 Å². The maximum absolute atomic E-state index is 14.2. The summed E-state index contributed by atoms with van der Waals surface area (Å²) >= 11 is 6.02. The fourth-order valence-corrected chi connectivity index (χ4v) is 2.41. The molecule has 3 rings (SSSR count). The van der Waals surface area contributed by atoms with Crippen LogP contribution >= 0.6 is 11.6 Å². The zero-order valence-corrected chi connectivity index (χ0v) is 10.7. The first-order valence-corrected chi connectivity index (χ1v) is 6.52. The molecule has 1 aromatic rings. The average molecular weight is 272 g/mol. The highest BCUT2D eigenvalue weighted by Gasteiger charge is 2.39. The summed E-state index contributed by atoms with van der Waals surface area (Å²) in [7, 11) is 0. The molecule has 0 aromatic heterocycles. The van der Waals surface area contributed by atoms with Crippen LogP contribution in [0.15, 0.2) is 6.07 Å². The van der Waals surface area contributed by atoms with Gasteiger partial charge in [-0.2, -0.15) is 0 Å². The molecule has 1 saturated carbocycles. The summed E-state index contributed by atoms with van der Waals surface area (Å²) in [5.74, 6) is 0.410. The summed E-state index contributed by atoms with van der Waals surface area (Å²) in [6.45, 7) is 1.05. The quantitative estimate of drug-likeness (QED) is 0.899. The molecule has 1 aliphatic carbocycles. The lowest BCUT2D eigenvalue weighted by atomic mass is 10.0. The fourth-order valence-electron chi connectivity index (χ4n) is 2.14. The molecule has 5 heteroatoms. The van der Waals surface area contributed by atoms with Crippen LogP contribution < -0.4 is 15.2 Å². The van der Waals surface area contributed by atoms with Gasteiger partial charge in [-0.3, -0.25) is 0 Å². The van der Waals surface area contributed by atoms with Crippen molar-refractivity contribution in [1.82, 2.24) is 0 Å². The van der Waals surface area contributed by atoms with Crippen LogP contribution in [0.1, 0.15) is 24.8 Å². The predicted molar refractivity (Wildman–Crippen MR) is 66.9 cm³/mol. The Bertz CT molecular complexity index is 488. The molecule has 0 saturated heterocycles. The number of benzene rings is 1. The van der Waals surface area contributed by atoms with E-state index in [0.29, 0.717) is 36.7 Å². The fraction of sp³-hybridized carbons (Fsp3) is 0.538. The van der Waals surface area contributed by atoms with Crippen molar-refractivity contribution in [2.45, 2.75) is 31.2 Å². The number of ether oxygens (including phenoxy) is 2. The lowest BCUT2D eigenvalue weighted by Crippen LogP contribution is -2.25. The number of nitrogens with two attached hydrogens (primary N) is 1. The molecular formula is C13H15ClFNO2. The van der Waals surface area contributed by atoms with Crippen LogP contribution in [0, 0.1) is 5.82 Å². The molecule has 0 spiro atoms. The van der Waals surface area contributed by atoms with E-state index < -0.39 is 5.82 Å².